The van der Waals surface area contributed by atoms with E-state index in [1.54, 1.807) is 54.1 Å². The van der Waals surface area contributed by atoms with E-state index in [2.05, 4.69) is 20.6 Å². The number of hydrogen-bond acceptors (Lipinski definition) is 4. The lowest BCUT2D eigenvalue weighted by Crippen LogP contribution is -2.19. The lowest BCUT2D eigenvalue weighted by Gasteiger charge is -2.14. The first-order valence-corrected chi connectivity index (χ1v) is 13.0. The molecule has 0 saturated carbocycles. The molecule has 12 heteroatoms. The van der Waals surface area contributed by atoms with E-state index in [0.717, 1.165) is 12.1 Å². The van der Waals surface area contributed by atoms with Crippen molar-refractivity contribution >= 4 is 51.4 Å². The van der Waals surface area contributed by atoms with Crippen LogP contribution in [0.2, 0.25) is 5.02 Å². The van der Waals surface area contributed by atoms with Crippen molar-refractivity contribution in [3.63, 3.8) is 0 Å². The van der Waals surface area contributed by atoms with Gasteiger partial charge in [-0.15, -0.1) is 0 Å². The molecule has 6 rings (SSSR count). The first-order valence-electron chi connectivity index (χ1n) is 12.7. The molecular formula is C30H21ClF3N5O3. The predicted octanol–water partition coefficient (Wildman–Crippen LogP) is 6.79. The number of H-pyrrole nitrogens is 1. The molecule has 42 heavy (non-hydrogen) atoms. The third-order valence-electron chi connectivity index (χ3n) is 6.99. The maximum absolute atomic E-state index is 13.6. The summed E-state index contributed by atoms with van der Waals surface area (Å²) in [5.74, 6) is -1.24. The van der Waals surface area contributed by atoms with E-state index >= 15 is 0 Å². The number of halogens is 4. The lowest BCUT2D eigenvalue weighted by atomic mass is 10.1. The third kappa shape index (κ3) is 4.82. The van der Waals surface area contributed by atoms with Crippen LogP contribution in [0.15, 0.2) is 79.0 Å². The molecule has 1 aliphatic rings. The third-order valence-corrected chi connectivity index (χ3v) is 7.40. The highest BCUT2D eigenvalue weighted by atomic mass is 35.5. The van der Waals surface area contributed by atoms with Crippen LogP contribution in [-0.2, 0) is 6.18 Å². The van der Waals surface area contributed by atoms with Crippen LogP contribution in [0.4, 0.5) is 24.5 Å². The lowest BCUT2D eigenvalue weighted by molar-refractivity contribution is -0.137. The van der Waals surface area contributed by atoms with E-state index in [-0.39, 0.29) is 16.8 Å². The van der Waals surface area contributed by atoms with Gasteiger partial charge in [0.2, 0.25) is 0 Å². The number of imidazole rings is 1. The van der Waals surface area contributed by atoms with Crippen LogP contribution in [-0.4, -0.2) is 31.5 Å². The monoisotopic (exact) mass is 591 g/mol. The number of aromatic amines is 1. The summed E-state index contributed by atoms with van der Waals surface area (Å²) in [5, 5.41) is 16.1. The van der Waals surface area contributed by atoms with Gasteiger partial charge in [-0.1, -0.05) is 29.8 Å². The van der Waals surface area contributed by atoms with Crippen LogP contribution >= 0.6 is 11.6 Å². The van der Waals surface area contributed by atoms with E-state index in [1.165, 1.54) is 24.3 Å². The molecule has 3 aromatic carbocycles. The number of aliphatic hydroxyl groups is 1. The molecule has 4 N–H and O–H groups in total. The van der Waals surface area contributed by atoms with E-state index in [1.807, 2.05) is 0 Å². The van der Waals surface area contributed by atoms with E-state index in [9.17, 15) is 27.9 Å². The van der Waals surface area contributed by atoms with Crippen molar-refractivity contribution in [1.82, 2.24) is 14.5 Å². The second-order valence-electron chi connectivity index (χ2n) is 9.66. The Morgan fingerprint density at radius 3 is 2.55 bits per heavy atom. The van der Waals surface area contributed by atoms with Crippen LogP contribution in [0, 0.1) is 6.92 Å². The molecule has 0 aliphatic carbocycles. The number of rotatable bonds is 5. The van der Waals surface area contributed by atoms with Crippen molar-refractivity contribution in [3.05, 3.63) is 118 Å². The minimum absolute atomic E-state index is 0.0447. The average Bonchev–Trinajstić information content (AvgIpc) is 3.67. The molecular weight excluding hydrogens is 571 g/mol. The fourth-order valence-electron chi connectivity index (χ4n) is 4.92. The second kappa shape index (κ2) is 10.2. The topological polar surface area (TPSA) is 112 Å². The fraction of sp³-hybridized carbons (Fsp3) is 0.100. The molecule has 2 aromatic heterocycles. The number of anilines is 2. The van der Waals surface area contributed by atoms with Crippen LogP contribution in [0.5, 0.6) is 0 Å². The maximum Gasteiger partial charge on any atom is 0.417 e. The van der Waals surface area contributed by atoms with E-state index < -0.39 is 35.3 Å². The summed E-state index contributed by atoms with van der Waals surface area (Å²) in [5.41, 5.74) is 1.40. The minimum atomic E-state index is -4.74. The number of fused-ring (bicyclic) bond motifs is 2. The standard InChI is InChI=1S/C30H21ClF3N5O3/c1-15-21(31)8-4-9-22(15)37-29(42)19-12-16(35-28(41)17-6-2-3-7-20(17)30(32,33)34)13-23-26(19)38-27(36-23)18-14-25(40)39-11-5-10-24(18)39/h2-14,25,40H,1H3,(H,35,41)(H,36,38)(H,37,42)/t25-/m0/s1. The number of nitrogens with zero attached hydrogens (tertiary/aromatic N) is 2. The molecule has 2 amide bonds. The number of carbonyl (C=O) groups is 2. The van der Waals surface area contributed by atoms with Crippen LogP contribution in [0.25, 0.3) is 16.6 Å². The van der Waals surface area contributed by atoms with Crippen LogP contribution < -0.4 is 10.6 Å². The second-order valence-corrected chi connectivity index (χ2v) is 10.1. The number of alkyl halides is 3. The van der Waals surface area contributed by atoms with Gasteiger partial charge in [-0.2, -0.15) is 13.2 Å². The highest BCUT2D eigenvalue weighted by Gasteiger charge is 2.35. The van der Waals surface area contributed by atoms with Crippen molar-refractivity contribution in [2.45, 2.75) is 19.3 Å². The van der Waals surface area contributed by atoms with Gasteiger partial charge in [0.25, 0.3) is 11.8 Å². The predicted molar refractivity (Wildman–Crippen MR) is 152 cm³/mol. The average molecular weight is 592 g/mol. The van der Waals surface area contributed by atoms with Gasteiger partial charge in [0.1, 0.15) is 11.3 Å². The van der Waals surface area contributed by atoms with Crippen LogP contribution in [0.3, 0.4) is 0 Å². The smallest absolute Gasteiger partial charge is 0.370 e. The molecule has 1 aliphatic heterocycles. The molecule has 5 aromatic rings. The molecule has 0 radical (unpaired) electrons. The number of amides is 2. The maximum atomic E-state index is 13.6. The molecule has 0 unspecified atom stereocenters. The van der Waals surface area contributed by atoms with Gasteiger partial charge < -0.3 is 25.3 Å². The quantitative estimate of drug-likeness (QED) is 0.180. The van der Waals surface area contributed by atoms with Gasteiger partial charge in [0.05, 0.1) is 27.9 Å². The Labute approximate surface area is 241 Å². The summed E-state index contributed by atoms with van der Waals surface area (Å²) in [6.07, 6.45) is -2.34. The largest absolute Gasteiger partial charge is 0.417 e. The first kappa shape index (κ1) is 27.3. The molecule has 0 fully saturated rings. The Kier molecular flexibility index (Phi) is 6.63. The summed E-state index contributed by atoms with van der Waals surface area (Å²) in [4.78, 5) is 34.4. The summed E-state index contributed by atoms with van der Waals surface area (Å²) in [7, 11) is 0. The van der Waals surface area contributed by atoms with Crippen molar-refractivity contribution in [2.24, 2.45) is 0 Å². The van der Waals surface area contributed by atoms with Crippen molar-refractivity contribution in [2.75, 3.05) is 10.6 Å². The molecule has 8 nitrogen and oxygen atoms in total. The number of benzene rings is 3. The first-order chi connectivity index (χ1) is 20.0. The fourth-order valence-corrected chi connectivity index (χ4v) is 5.09. The van der Waals surface area contributed by atoms with Crippen molar-refractivity contribution in [1.29, 1.82) is 0 Å². The SMILES string of the molecule is Cc1c(Cl)cccc1NC(=O)c1cc(NC(=O)c2ccccc2C(F)(F)F)cc2[nH]c(C3=C[C@H](O)n4cccc43)nc12. The zero-order valence-corrected chi connectivity index (χ0v) is 22.5. The minimum Gasteiger partial charge on any atom is -0.370 e. The Hall–Kier alpha value is -4.87. The summed E-state index contributed by atoms with van der Waals surface area (Å²) in [6, 6.07) is 15.9. The number of carbonyl (C=O) groups excluding carboxylic acids is 2. The zero-order chi connectivity index (χ0) is 29.8. The highest BCUT2D eigenvalue weighted by Crippen LogP contribution is 2.35. The molecule has 3 heterocycles. The van der Waals surface area contributed by atoms with Crippen molar-refractivity contribution < 1.29 is 27.9 Å². The number of nitrogens with one attached hydrogen (secondary N) is 3. The molecule has 0 saturated heterocycles. The summed E-state index contributed by atoms with van der Waals surface area (Å²) < 4.78 is 42.4. The highest BCUT2D eigenvalue weighted by molar-refractivity contribution is 6.32. The van der Waals surface area contributed by atoms with Crippen LogP contribution in [0.1, 0.15) is 49.6 Å². The van der Waals surface area contributed by atoms with Gasteiger partial charge in [0.15, 0.2) is 6.23 Å². The van der Waals surface area contributed by atoms with Crippen molar-refractivity contribution in [3.8, 4) is 0 Å². The Balaban J connectivity index is 1.44. The molecule has 1 atom stereocenters. The summed E-state index contributed by atoms with van der Waals surface area (Å²) in [6.45, 7) is 1.74. The van der Waals surface area contributed by atoms with Gasteiger partial charge in [-0.05, 0) is 67.1 Å². The Morgan fingerprint density at radius 2 is 1.76 bits per heavy atom. The number of aliphatic hydroxyl groups excluding tert-OH is 1. The van der Waals surface area contributed by atoms with E-state index in [0.29, 0.717) is 38.9 Å². The van der Waals surface area contributed by atoms with Gasteiger partial charge in [-0.3, -0.25) is 9.59 Å². The summed E-state index contributed by atoms with van der Waals surface area (Å²) >= 11 is 6.22. The Bertz CT molecular complexity index is 1930. The van der Waals surface area contributed by atoms with E-state index in [4.69, 9.17) is 11.6 Å². The van der Waals surface area contributed by atoms with Gasteiger partial charge in [0, 0.05) is 28.2 Å². The number of hydrogen-bond donors (Lipinski definition) is 4. The molecule has 212 valence electrons. The normalized spacial score (nSPS) is 14.5. The number of aromatic nitrogens is 3. The zero-order valence-electron chi connectivity index (χ0n) is 21.8. The molecule has 0 spiro atoms. The molecule has 0 bridgehead atoms. The van der Waals surface area contributed by atoms with Gasteiger partial charge >= 0.3 is 6.18 Å². The van der Waals surface area contributed by atoms with Gasteiger partial charge in [-0.25, -0.2) is 4.98 Å². The Morgan fingerprint density at radius 1 is 1.00 bits per heavy atom.